The third-order valence-electron chi connectivity index (χ3n) is 7.38. The number of esters is 1. The van der Waals surface area contributed by atoms with Gasteiger partial charge < -0.3 is 14.5 Å². The molecule has 0 radical (unpaired) electrons. The number of benzene rings is 2. The van der Waals surface area contributed by atoms with Crippen LogP contribution in [-0.2, 0) is 19.6 Å². The minimum atomic E-state index is -3.91. The highest BCUT2D eigenvalue weighted by Gasteiger charge is 2.46. The molecule has 0 bridgehead atoms. The van der Waals surface area contributed by atoms with E-state index in [-0.39, 0.29) is 34.0 Å². The Morgan fingerprint density at radius 1 is 0.921 bits per heavy atom. The Bertz CT molecular complexity index is 1400. The SMILES string of the molecule is COC(=O)c1cc(C)c(S(=O)(=O)N2C[C@@H](C(=O)N3CCN(c4ccccc4)CC3)[C@H](c3ccccc3)C2)s1. The summed E-state index contributed by atoms with van der Waals surface area (Å²) in [6.45, 7) is 4.62. The van der Waals surface area contributed by atoms with Gasteiger partial charge in [-0.1, -0.05) is 48.5 Å². The Morgan fingerprint density at radius 3 is 2.18 bits per heavy atom. The van der Waals surface area contributed by atoms with Crippen molar-refractivity contribution in [1.29, 1.82) is 0 Å². The lowest BCUT2D eigenvalue weighted by molar-refractivity contribution is -0.135. The van der Waals surface area contributed by atoms with E-state index in [4.69, 9.17) is 4.74 Å². The van der Waals surface area contributed by atoms with Crippen molar-refractivity contribution in [2.45, 2.75) is 17.1 Å². The summed E-state index contributed by atoms with van der Waals surface area (Å²) in [6.07, 6.45) is 0. The standard InChI is InChI=1S/C28H31N3O5S2/c1-20-17-25(27(33)36-2)37-28(20)38(34,35)31-18-23(21-9-5-3-6-10-21)24(19-31)26(32)30-15-13-29(14-16-30)22-11-7-4-8-12-22/h3-12,17,23-24H,13-16,18-19H2,1-2H3/t23-,24+/m0/s1. The van der Waals surface area contributed by atoms with E-state index < -0.39 is 21.9 Å². The molecule has 0 spiro atoms. The van der Waals surface area contributed by atoms with Gasteiger partial charge in [0.25, 0.3) is 10.0 Å². The van der Waals surface area contributed by atoms with Crippen molar-refractivity contribution in [3.63, 3.8) is 0 Å². The summed E-state index contributed by atoms with van der Waals surface area (Å²) in [4.78, 5) is 30.3. The summed E-state index contributed by atoms with van der Waals surface area (Å²) in [5.41, 5.74) is 2.58. The van der Waals surface area contributed by atoms with E-state index in [1.54, 1.807) is 13.0 Å². The fourth-order valence-electron chi connectivity index (χ4n) is 5.35. The van der Waals surface area contributed by atoms with Crippen LogP contribution in [0.25, 0.3) is 0 Å². The van der Waals surface area contributed by atoms with Gasteiger partial charge in [-0.2, -0.15) is 4.31 Å². The van der Waals surface area contributed by atoms with E-state index >= 15 is 0 Å². The molecule has 0 N–H and O–H groups in total. The number of carbonyl (C=O) groups excluding carboxylic acids is 2. The number of methoxy groups -OCH3 is 1. The molecular weight excluding hydrogens is 522 g/mol. The number of rotatable bonds is 6. The molecule has 38 heavy (non-hydrogen) atoms. The van der Waals surface area contributed by atoms with Crippen molar-refractivity contribution in [3.8, 4) is 0 Å². The van der Waals surface area contributed by atoms with Gasteiger partial charge in [-0.15, -0.1) is 11.3 Å². The number of nitrogens with zero attached hydrogens (tertiary/aromatic N) is 3. The Hall–Kier alpha value is -3.21. The number of anilines is 1. The second-order valence-corrected chi connectivity index (χ2v) is 12.9. The zero-order chi connectivity index (χ0) is 26.9. The molecule has 2 aliphatic heterocycles. The minimum Gasteiger partial charge on any atom is -0.465 e. The van der Waals surface area contributed by atoms with Crippen molar-refractivity contribution in [1.82, 2.24) is 9.21 Å². The fraction of sp³-hybridized carbons (Fsp3) is 0.357. The van der Waals surface area contributed by atoms with E-state index in [0.29, 0.717) is 18.7 Å². The summed E-state index contributed by atoms with van der Waals surface area (Å²) < 4.78 is 33.8. The number of hydrogen-bond donors (Lipinski definition) is 0. The molecule has 0 aliphatic carbocycles. The topological polar surface area (TPSA) is 87.2 Å². The molecule has 1 aromatic heterocycles. The fourth-order valence-corrected chi connectivity index (χ4v) is 8.59. The maximum absolute atomic E-state index is 13.9. The van der Waals surface area contributed by atoms with Crippen LogP contribution >= 0.6 is 11.3 Å². The highest BCUT2D eigenvalue weighted by Crippen LogP contribution is 2.39. The van der Waals surface area contributed by atoms with Gasteiger partial charge in [-0.05, 0) is 36.2 Å². The average Bonchev–Trinajstić information content (AvgIpc) is 3.59. The van der Waals surface area contributed by atoms with Crippen LogP contribution in [0.15, 0.2) is 70.9 Å². The predicted octanol–water partition coefficient (Wildman–Crippen LogP) is 3.60. The van der Waals surface area contributed by atoms with Crippen LogP contribution < -0.4 is 4.90 Å². The number of amides is 1. The van der Waals surface area contributed by atoms with Crippen LogP contribution in [0.1, 0.15) is 26.7 Å². The first-order valence-corrected chi connectivity index (χ1v) is 14.9. The number of carbonyl (C=O) groups is 2. The number of sulfonamides is 1. The van der Waals surface area contributed by atoms with E-state index in [1.165, 1.54) is 11.4 Å². The predicted molar refractivity (Wildman–Crippen MR) is 147 cm³/mol. The van der Waals surface area contributed by atoms with Gasteiger partial charge in [0.2, 0.25) is 5.91 Å². The van der Waals surface area contributed by atoms with E-state index in [0.717, 1.165) is 35.7 Å². The molecule has 2 aliphatic rings. The highest BCUT2D eigenvalue weighted by molar-refractivity contribution is 7.91. The smallest absolute Gasteiger partial charge is 0.348 e. The molecule has 8 nitrogen and oxygen atoms in total. The Balaban J connectivity index is 1.38. The number of ether oxygens (including phenoxy) is 1. The van der Waals surface area contributed by atoms with Crippen molar-refractivity contribution in [2.75, 3.05) is 51.3 Å². The van der Waals surface area contributed by atoms with Gasteiger partial charge in [0.1, 0.15) is 9.09 Å². The normalized spacial score (nSPS) is 20.5. The molecule has 3 heterocycles. The van der Waals surface area contributed by atoms with Crippen molar-refractivity contribution < 1.29 is 22.7 Å². The number of piperazine rings is 1. The van der Waals surface area contributed by atoms with Crippen molar-refractivity contribution in [2.24, 2.45) is 5.92 Å². The zero-order valence-corrected chi connectivity index (χ0v) is 23.1. The summed E-state index contributed by atoms with van der Waals surface area (Å²) in [5, 5.41) is 0. The van der Waals surface area contributed by atoms with E-state index in [9.17, 15) is 18.0 Å². The summed E-state index contributed by atoms with van der Waals surface area (Å²) >= 11 is 0.914. The van der Waals surface area contributed by atoms with E-state index in [1.807, 2.05) is 53.4 Å². The van der Waals surface area contributed by atoms with E-state index in [2.05, 4.69) is 17.0 Å². The number of aryl methyl sites for hydroxylation is 1. The maximum atomic E-state index is 13.9. The molecule has 2 atom stereocenters. The lowest BCUT2D eigenvalue weighted by atomic mass is 9.88. The third kappa shape index (κ3) is 5.08. The zero-order valence-electron chi connectivity index (χ0n) is 21.4. The van der Waals surface area contributed by atoms with Crippen LogP contribution in [0, 0.1) is 12.8 Å². The van der Waals surface area contributed by atoms with Crippen molar-refractivity contribution >= 4 is 38.9 Å². The van der Waals surface area contributed by atoms with Gasteiger partial charge in [0.05, 0.1) is 13.0 Å². The molecule has 1 amide bonds. The molecule has 2 aromatic carbocycles. The lowest BCUT2D eigenvalue weighted by Gasteiger charge is -2.37. The van der Waals surface area contributed by atoms with Crippen LogP contribution in [0.3, 0.4) is 0 Å². The monoisotopic (exact) mass is 553 g/mol. The quantitative estimate of drug-likeness (QED) is 0.434. The molecule has 0 saturated carbocycles. The average molecular weight is 554 g/mol. The lowest BCUT2D eigenvalue weighted by Crippen LogP contribution is -2.51. The number of hydrogen-bond acceptors (Lipinski definition) is 7. The maximum Gasteiger partial charge on any atom is 0.348 e. The molecule has 200 valence electrons. The molecule has 0 unspecified atom stereocenters. The third-order valence-corrected chi connectivity index (χ3v) is 11.0. The highest BCUT2D eigenvalue weighted by atomic mass is 32.2. The molecule has 2 saturated heterocycles. The Labute approximate surface area is 227 Å². The summed E-state index contributed by atoms with van der Waals surface area (Å²) in [7, 11) is -2.64. The summed E-state index contributed by atoms with van der Waals surface area (Å²) in [6, 6.07) is 21.3. The second-order valence-electron chi connectivity index (χ2n) is 9.67. The Morgan fingerprint density at radius 2 is 1.55 bits per heavy atom. The largest absolute Gasteiger partial charge is 0.465 e. The molecule has 10 heteroatoms. The number of para-hydroxylation sites is 1. The minimum absolute atomic E-state index is 0.0117. The van der Waals surface area contributed by atoms with Crippen LogP contribution in [0.2, 0.25) is 0 Å². The van der Waals surface area contributed by atoms with Gasteiger partial charge in [-0.25, -0.2) is 13.2 Å². The van der Waals surface area contributed by atoms with Gasteiger partial charge in [0, 0.05) is 50.9 Å². The first-order chi connectivity index (χ1) is 18.3. The molecule has 5 rings (SSSR count). The van der Waals surface area contributed by atoms with Crippen LogP contribution in [-0.4, -0.2) is 75.9 Å². The Kier molecular flexibility index (Phi) is 7.56. The summed E-state index contributed by atoms with van der Waals surface area (Å²) in [5.74, 6) is -1.32. The van der Waals surface area contributed by atoms with Gasteiger partial charge in [-0.3, -0.25) is 4.79 Å². The first kappa shape index (κ1) is 26.4. The first-order valence-electron chi connectivity index (χ1n) is 12.6. The van der Waals surface area contributed by atoms with Gasteiger partial charge in [0.15, 0.2) is 0 Å². The molecular formula is C28H31N3O5S2. The number of thiophene rings is 1. The molecule has 2 fully saturated rings. The van der Waals surface area contributed by atoms with Crippen LogP contribution in [0.4, 0.5) is 5.69 Å². The van der Waals surface area contributed by atoms with Gasteiger partial charge >= 0.3 is 5.97 Å². The van der Waals surface area contributed by atoms with Crippen LogP contribution in [0.5, 0.6) is 0 Å². The van der Waals surface area contributed by atoms with Crippen molar-refractivity contribution in [3.05, 3.63) is 82.7 Å². The molecule has 3 aromatic rings. The second kappa shape index (κ2) is 10.9.